The first-order valence-electron chi connectivity index (χ1n) is 7.96. The zero-order valence-corrected chi connectivity index (χ0v) is 15.1. The van der Waals surface area contributed by atoms with Crippen molar-refractivity contribution in [3.63, 3.8) is 0 Å². The van der Waals surface area contributed by atoms with E-state index in [0.717, 1.165) is 12.8 Å². The first-order chi connectivity index (χ1) is 12.0. The van der Waals surface area contributed by atoms with Crippen LogP contribution in [0, 0.1) is 0 Å². The molecule has 2 aromatic rings. The molecule has 0 aromatic carbocycles. The molecule has 0 fully saturated rings. The van der Waals surface area contributed by atoms with E-state index in [9.17, 15) is 14.4 Å². The Labute approximate surface area is 148 Å². The molecule has 0 atom stereocenters. The molecule has 0 radical (unpaired) electrons. The lowest BCUT2D eigenvalue weighted by Gasteiger charge is -2.24. The molecule has 0 spiro atoms. The normalized spacial score (nSPS) is 10.8. The zero-order chi connectivity index (χ0) is 18.4. The summed E-state index contributed by atoms with van der Waals surface area (Å²) in [5.41, 5.74) is 5.27. The number of nitrogens with one attached hydrogen (secondary N) is 1. The van der Waals surface area contributed by atoms with E-state index < -0.39 is 11.2 Å². The minimum absolute atomic E-state index is 0.0121. The highest BCUT2D eigenvalue weighted by Gasteiger charge is 2.25. The molecule has 0 saturated heterocycles. The molecule has 0 bridgehead atoms. The fraction of sp³-hybridized carbons (Fsp3) is 0.438. The second-order valence-corrected chi connectivity index (χ2v) is 6.24. The number of aromatic amines is 1. The topological polar surface area (TPSA) is 110 Å². The number of nitrogens with two attached hydrogens (primary N) is 1. The van der Waals surface area contributed by atoms with E-state index in [2.05, 4.69) is 4.98 Å². The molecule has 9 heteroatoms. The van der Waals surface area contributed by atoms with Gasteiger partial charge in [-0.05, 0) is 17.9 Å². The summed E-state index contributed by atoms with van der Waals surface area (Å²) in [4.78, 5) is 40.8. The van der Waals surface area contributed by atoms with Gasteiger partial charge in [0.1, 0.15) is 5.82 Å². The van der Waals surface area contributed by atoms with Crippen LogP contribution in [0.2, 0.25) is 0 Å². The largest absolute Gasteiger partial charge is 0.383 e. The number of nitrogen functional groups attached to an aromatic ring is 1. The average Bonchev–Trinajstić information content (AvgIpc) is 3.11. The standard InChI is InChI=1S/C16H22N4O4S/c1-3-4-6-20-13(17)12(14(21)18-16(20)23)19(7-8-24-2)15(22)11-5-9-25-10-11/h5,9-10H,3-4,6-8,17H2,1-2H3,(H,18,21,23). The van der Waals surface area contributed by atoms with Gasteiger partial charge in [-0.1, -0.05) is 13.3 Å². The lowest BCUT2D eigenvalue weighted by Crippen LogP contribution is -2.42. The molecule has 0 aliphatic rings. The summed E-state index contributed by atoms with van der Waals surface area (Å²) in [7, 11) is 1.50. The second-order valence-electron chi connectivity index (χ2n) is 5.46. The van der Waals surface area contributed by atoms with Crippen molar-refractivity contribution in [3.8, 4) is 0 Å². The molecule has 2 aromatic heterocycles. The molecule has 1 amide bonds. The minimum Gasteiger partial charge on any atom is -0.383 e. The predicted octanol–water partition coefficient (Wildman–Crippen LogP) is 1.27. The van der Waals surface area contributed by atoms with Crippen LogP contribution >= 0.6 is 11.3 Å². The number of carbonyl (C=O) groups excluding carboxylic acids is 1. The van der Waals surface area contributed by atoms with Gasteiger partial charge in [-0.3, -0.25) is 24.0 Å². The third kappa shape index (κ3) is 4.18. The van der Waals surface area contributed by atoms with Gasteiger partial charge < -0.3 is 10.5 Å². The number of anilines is 2. The van der Waals surface area contributed by atoms with Crippen LogP contribution in [0.15, 0.2) is 26.4 Å². The molecule has 0 unspecified atom stereocenters. The van der Waals surface area contributed by atoms with Crippen molar-refractivity contribution in [3.05, 3.63) is 43.2 Å². The zero-order valence-electron chi connectivity index (χ0n) is 14.3. The van der Waals surface area contributed by atoms with E-state index in [4.69, 9.17) is 10.5 Å². The Hall–Kier alpha value is -2.39. The fourth-order valence-electron chi connectivity index (χ4n) is 2.42. The molecule has 3 N–H and O–H groups in total. The van der Waals surface area contributed by atoms with Gasteiger partial charge in [-0.15, -0.1) is 0 Å². The molecular weight excluding hydrogens is 344 g/mol. The maximum atomic E-state index is 12.8. The van der Waals surface area contributed by atoms with Crippen molar-refractivity contribution in [2.24, 2.45) is 0 Å². The van der Waals surface area contributed by atoms with Crippen molar-refractivity contribution in [2.45, 2.75) is 26.3 Å². The molecule has 136 valence electrons. The molecule has 2 heterocycles. The van der Waals surface area contributed by atoms with E-state index in [1.807, 2.05) is 6.92 Å². The van der Waals surface area contributed by atoms with Crippen LogP contribution in [-0.2, 0) is 11.3 Å². The number of hydrogen-bond donors (Lipinski definition) is 2. The third-order valence-electron chi connectivity index (χ3n) is 3.75. The van der Waals surface area contributed by atoms with Crippen LogP contribution in [0.1, 0.15) is 30.1 Å². The van der Waals surface area contributed by atoms with Crippen LogP contribution in [0.4, 0.5) is 11.5 Å². The highest BCUT2D eigenvalue weighted by Crippen LogP contribution is 2.20. The van der Waals surface area contributed by atoms with Crippen molar-refractivity contribution < 1.29 is 9.53 Å². The Kier molecular flexibility index (Phi) is 6.54. The summed E-state index contributed by atoms with van der Waals surface area (Å²) < 4.78 is 6.34. The Balaban J connectivity index is 2.54. The van der Waals surface area contributed by atoms with Crippen LogP contribution in [0.5, 0.6) is 0 Å². The maximum Gasteiger partial charge on any atom is 0.330 e. The summed E-state index contributed by atoms with van der Waals surface area (Å²) in [6.07, 6.45) is 1.59. The van der Waals surface area contributed by atoms with Crippen molar-refractivity contribution in [1.82, 2.24) is 9.55 Å². The Morgan fingerprint density at radius 2 is 2.20 bits per heavy atom. The van der Waals surface area contributed by atoms with Crippen molar-refractivity contribution >= 4 is 28.7 Å². The number of amides is 1. The third-order valence-corrected chi connectivity index (χ3v) is 4.43. The second kappa shape index (κ2) is 8.63. The number of nitrogens with zero attached hydrogens (tertiary/aromatic N) is 2. The highest BCUT2D eigenvalue weighted by atomic mass is 32.1. The number of rotatable bonds is 8. The molecule has 0 aliphatic heterocycles. The lowest BCUT2D eigenvalue weighted by atomic mass is 10.2. The van der Waals surface area contributed by atoms with Gasteiger partial charge in [0.2, 0.25) is 0 Å². The molecule has 0 saturated carbocycles. The number of ether oxygens (including phenoxy) is 1. The van der Waals surface area contributed by atoms with E-state index in [-0.39, 0.29) is 30.6 Å². The SMILES string of the molecule is CCCCn1c(N)c(N(CCOC)C(=O)c2ccsc2)c(=O)[nH]c1=O. The van der Waals surface area contributed by atoms with E-state index >= 15 is 0 Å². The van der Waals surface area contributed by atoms with Gasteiger partial charge >= 0.3 is 5.69 Å². The summed E-state index contributed by atoms with van der Waals surface area (Å²) in [6.45, 7) is 2.72. The monoisotopic (exact) mass is 366 g/mol. The number of carbonyl (C=O) groups is 1. The van der Waals surface area contributed by atoms with Crippen molar-refractivity contribution in [1.29, 1.82) is 0 Å². The lowest BCUT2D eigenvalue weighted by molar-refractivity contribution is 0.0976. The van der Waals surface area contributed by atoms with Gasteiger partial charge in [0, 0.05) is 25.6 Å². The molecule has 8 nitrogen and oxygen atoms in total. The number of hydrogen-bond acceptors (Lipinski definition) is 6. The molecule has 0 aliphatic carbocycles. The van der Waals surface area contributed by atoms with Gasteiger partial charge in [-0.2, -0.15) is 11.3 Å². The van der Waals surface area contributed by atoms with E-state index in [1.165, 1.54) is 27.9 Å². The molecule has 2 rings (SSSR count). The molecular formula is C16H22N4O4S. The van der Waals surface area contributed by atoms with Crippen LogP contribution in [-0.4, -0.2) is 35.7 Å². The van der Waals surface area contributed by atoms with Gasteiger partial charge in [0.25, 0.3) is 11.5 Å². The number of unbranched alkanes of at least 4 members (excludes halogenated alkanes) is 1. The Bertz CT molecular complexity index is 826. The van der Waals surface area contributed by atoms with Gasteiger partial charge in [-0.25, -0.2) is 4.79 Å². The first-order valence-corrected chi connectivity index (χ1v) is 8.91. The summed E-state index contributed by atoms with van der Waals surface area (Å²) in [5.74, 6) is -0.377. The Morgan fingerprint density at radius 3 is 2.80 bits per heavy atom. The van der Waals surface area contributed by atoms with Crippen LogP contribution in [0.25, 0.3) is 0 Å². The number of aromatic nitrogens is 2. The van der Waals surface area contributed by atoms with Gasteiger partial charge in [0.15, 0.2) is 5.69 Å². The summed E-state index contributed by atoms with van der Waals surface area (Å²) in [6, 6.07) is 1.67. The van der Waals surface area contributed by atoms with Crippen molar-refractivity contribution in [2.75, 3.05) is 30.9 Å². The smallest absolute Gasteiger partial charge is 0.330 e. The first kappa shape index (κ1) is 18.9. The van der Waals surface area contributed by atoms with Crippen LogP contribution in [0.3, 0.4) is 0 Å². The summed E-state index contributed by atoms with van der Waals surface area (Å²) >= 11 is 1.38. The quantitative estimate of drug-likeness (QED) is 0.731. The van der Waals surface area contributed by atoms with Gasteiger partial charge in [0.05, 0.1) is 12.2 Å². The molecule has 25 heavy (non-hydrogen) atoms. The number of thiophene rings is 1. The summed E-state index contributed by atoms with van der Waals surface area (Å²) in [5, 5.41) is 3.47. The number of methoxy groups -OCH3 is 1. The van der Waals surface area contributed by atoms with E-state index in [0.29, 0.717) is 12.1 Å². The number of H-pyrrole nitrogens is 1. The minimum atomic E-state index is -0.685. The predicted molar refractivity (Wildman–Crippen MR) is 98.5 cm³/mol. The Morgan fingerprint density at radius 1 is 1.44 bits per heavy atom. The maximum absolute atomic E-state index is 12.8. The fourth-order valence-corrected chi connectivity index (χ4v) is 3.05. The average molecular weight is 366 g/mol. The van der Waals surface area contributed by atoms with E-state index in [1.54, 1.807) is 16.8 Å². The highest BCUT2D eigenvalue weighted by molar-refractivity contribution is 7.08. The van der Waals surface area contributed by atoms with Crippen LogP contribution < -0.4 is 21.9 Å².